The Morgan fingerprint density at radius 1 is 1.31 bits per heavy atom. The summed E-state index contributed by atoms with van der Waals surface area (Å²) in [5.41, 5.74) is 0.725. The van der Waals surface area contributed by atoms with Gasteiger partial charge < -0.3 is 14.3 Å². The van der Waals surface area contributed by atoms with Gasteiger partial charge in [0.15, 0.2) is 0 Å². The molecule has 0 saturated heterocycles. The van der Waals surface area contributed by atoms with Crippen molar-refractivity contribution in [1.29, 1.82) is 0 Å². The number of benzene rings is 1. The zero-order valence-corrected chi connectivity index (χ0v) is 15.8. The number of aromatic nitrogens is 3. The summed E-state index contributed by atoms with van der Waals surface area (Å²) in [6.45, 7) is 1.91. The highest BCUT2D eigenvalue weighted by Gasteiger charge is 2.11. The summed E-state index contributed by atoms with van der Waals surface area (Å²) in [4.78, 5) is 15.5. The Labute approximate surface area is 163 Å². The van der Waals surface area contributed by atoms with E-state index in [0.717, 1.165) is 17.3 Å². The molecule has 0 unspecified atom stereocenters. The van der Waals surface area contributed by atoms with E-state index in [2.05, 4.69) is 15.2 Å². The number of rotatable bonds is 6. The molecule has 2 aromatic heterocycles. The highest BCUT2D eigenvalue weighted by Crippen LogP contribution is 2.31. The number of halogens is 2. The number of aliphatic carboxylic acids is 1. The van der Waals surface area contributed by atoms with Crippen LogP contribution in [-0.2, 0) is 11.2 Å². The lowest BCUT2D eigenvalue weighted by Gasteiger charge is -2.04. The molecule has 3 aromatic rings. The maximum Gasteiger partial charge on any atom is 0.213 e. The van der Waals surface area contributed by atoms with Crippen LogP contribution in [0.5, 0.6) is 0 Å². The Hall–Kier alpha value is -2.22. The Balaban J connectivity index is 1.85. The van der Waals surface area contributed by atoms with Gasteiger partial charge in [-0.15, -0.1) is 5.10 Å². The van der Waals surface area contributed by atoms with E-state index in [1.165, 1.54) is 6.08 Å². The highest BCUT2D eigenvalue weighted by molar-refractivity contribution is 8.04. The van der Waals surface area contributed by atoms with Gasteiger partial charge in [-0.2, -0.15) is 0 Å². The Morgan fingerprint density at radius 2 is 2.12 bits per heavy atom. The summed E-state index contributed by atoms with van der Waals surface area (Å²) in [5.74, 6) is 0.211. The van der Waals surface area contributed by atoms with Crippen molar-refractivity contribution in [2.45, 2.75) is 18.5 Å². The van der Waals surface area contributed by atoms with Crippen LogP contribution in [0.4, 0.5) is 0 Å². The first-order valence-electron chi connectivity index (χ1n) is 7.53. The molecule has 0 atom stereocenters. The predicted octanol–water partition coefficient (Wildman–Crippen LogP) is 3.82. The molecule has 2 heterocycles. The van der Waals surface area contributed by atoms with E-state index in [9.17, 15) is 9.90 Å². The van der Waals surface area contributed by atoms with Gasteiger partial charge >= 0.3 is 0 Å². The minimum Gasteiger partial charge on any atom is -0.544 e. The molecule has 0 aliphatic heterocycles. The van der Waals surface area contributed by atoms with Crippen molar-refractivity contribution in [2.24, 2.45) is 0 Å². The van der Waals surface area contributed by atoms with Gasteiger partial charge in [0.2, 0.25) is 5.16 Å². The maximum atomic E-state index is 11.4. The molecule has 6 nitrogen and oxygen atoms in total. The molecule has 9 heteroatoms. The van der Waals surface area contributed by atoms with Crippen LogP contribution in [0.25, 0.3) is 17.4 Å². The molecule has 3 rings (SSSR count). The van der Waals surface area contributed by atoms with E-state index in [-0.39, 0.29) is 4.91 Å². The first kappa shape index (κ1) is 18.6. The summed E-state index contributed by atoms with van der Waals surface area (Å²) in [7, 11) is 0. The van der Waals surface area contributed by atoms with Crippen molar-refractivity contribution >= 4 is 47.0 Å². The van der Waals surface area contributed by atoms with Crippen LogP contribution in [-0.4, -0.2) is 21.2 Å². The van der Waals surface area contributed by atoms with E-state index in [1.54, 1.807) is 30.3 Å². The number of carbonyl (C=O) groups excluding carboxylic acids is 1. The lowest BCUT2D eigenvalue weighted by Crippen LogP contribution is -2.23. The minimum atomic E-state index is -1.34. The molecule has 1 aromatic carbocycles. The number of aryl methyl sites for hydroxylation is 1. The van der Waals surface area contributed by atoms with Crippen molar-refractivity contribution in [1.82, 2.24) is 15.2 Å². The lowest BCUT2D eigenvalue weighted by atomic mass is 10.2. The molecule has 26 heavy (non-hydrogen) atoms. The molecule has 0 aliphatic rings. The topological polar surface area (TPSA) is 94.8 Å². The molecule has 0 saturated carbocycles. The standard InChI is InChI=1S/C17H13Cl2N3O3S/c1-2-15-20-17(22-21-15)26-14(16(23)24)8-10-4-6-13(25-10)9-3-5-11(18)12(19)7-9/h3-8H,2H2,1H3,(H,23,24)(H,20,21,22)/p-1/b14-8+. The zero-order chi connectivity index (χ0) is 18.7. The second kappa shape index (κ2) is 7.99. The first-order valence-corrected chi connectivity index (χ1v) is 9.11. The van der Waals surface area contributed by atoms with Crippen molar-refractivity contribution in [2.75, 3.05) is 0 Å². The maximum absolute atomic E-state index is 11.4. The monoisotopic (exact) mass is 408 g/mol. The van der Waals surface area contributed by atoms with E-state index in [1.807, 2.05) is 6.92 Å². The predicted molar refractivity (Wildman–Crippen MR) is 98.8 cm³/mol. The zero-order valence-electron chi connectivity index (χ0n) is 13.5. The molecule has 0 radical (unpaired) electrons. The largest absolute Gasteiger partial charge is 0.544 e. The quantitative estimate of drug-likeness (QED) is 0.491. The van der Waals surface area contributed by atoms with Gasteiger partial charge in [-0.25, -0.2) is 4.98 Å². The number of carbonyl (C=O) groups is 1. The average molecular weight is 409 g/mol. The van der Waals surface area contributed by atoms with E-state index < -0.39 is 5.97 Å². The number of aromatic amines is 1. The number of carboxylic acid groups (broad SMARTS) is 1. The third-order valence-electron chi connectivity index (χ3n) is 3.35. The molecule has 0 spiro atoms. The number of nitrogens with one attached hydrogen (secondary N) is 1. The van der Waals surface area contributed by atoms with Crippen LogP contribution in [0.15, 0.2) is 44.8 Å². The van der Waals surface area contributed by atoms with Gasteiger partial charge in [-0.3, -0.25) is 5.10 Å². The molecular weight excluding hydrogens is 397 g/mol. The number of hydrogen-bond donors (Lipinski definition) is 1. The summed E-state index contributed by atoms with van der Waals surface area (Å²) in [6, 6.07) is 8.45. The van der Waals surface area contributed by atoms with E-state index in [0.29, 0.717) is 39.0 Å². The number of hydrogen-bond acceptors (Lipinski definition) is 6. The third-order valence-corrected chi connectivity index (χ3v) is 4.96. The Kier molecular flexibility index (Phi) is 5.70. The number of carboxylic acids is 1. The van der Waals surface area contributed by atoms with E-state index >= 15 is 0 Å². The Bertz CT molecular complexity index is 981. The average Bonchev–Trinajstić information content (AvgIpc) is 3.26. The smallest absolute Gasteiger partial charge is 0.213 e. The van der Waals surface area contributed by atoms with Crippen molar-refractivity contribution in [3.63, 3.8) is 0 Å². The first-order chi connectivity index (χ1) is 12.5. The fourth-order valence-electron chi connectivity index (χ4n) is 2.07. The van der Waals surface area contributed by atoms with Crippen LogP contribution >= 0.6 is 35.0 Å². The SMILES string of the molecule is CCc1nc(S/C(=C/c2ccc(-c3ccc(Cl)c(Cl)c3)o2)C(=O)[O-])n[nH]1. The van der Waals surface area contributed by atoms with E-state index in [4.69, 9.17) is 27.6 Å². The van der Waals surface area contributed by atoms with Crippen LogP contribution in [0.2, 0.25) is 10.0 Å². The summed E-state index contributed by atoms with van der Waals surface area (Å²) in [6.07, 6.45) is 2.03. The van der Waals surface area contributed by atoms with Gasteiger partial charge in [0.25, 0.3) is 0 Å². The number of thioether (sulfide) groups is 1. The lowest BCUT2D eigenvalue weighted by molar-refractivity contribution is -0.298. The second-order valence-electron chi connectivity index (χ2n) is 5.15. The van der Waals surface area contributed by atoms with Gasteiger partial charge in [0.1, 0.15) is 17.3 Å². The fraction of sp³-hybridized carbons (Fsp3) is 0.118. The Morgan fingerprint density at radius 3 is 2.77 bits per heavy atom. The van der Waals surface area contributed by atoms with Crippen LogP contribution < -0.4 is 5.11 Å². The summed E-state index contributed by atoms with van der Waals surface area (Å²) in [5, 5.41) is 19.2. The molecule has 134 valence electrons. The summed E-state index contributed by atoms with van der Waals surface area (Å²) < 4.78 is 5.68. The van der Waals surface area contributed by atoms with Crippen molar-refractivity contribution in [3.05, 3.63) is 56.9 Å². The van der Waals surface area contributed by atoms with Crippen LogP contribution in [0, 0.1) is 0 Å². The van der Waals surface area contributed by atoms with Crippen molar-refractivity contribution in [3.8, 4) is 11.3 Å². The molecule has 1 N–H and O–H groups in total. The highest BCUT2D eigenvalue weighted by atomic mass is 35.5. The number of furan rings is 1. The fourth-order valence-corrected chi connectivity index (χ4v) is 3.07. The number of nitrogens with zero attached hydrogens (tertiary/aromatic N) is 2. The van der Waals surface area contributed by atoms with Crippen LogP contribution in [0.3, 0.4) is 0 Å². The molecule has 0 amide bonds. The molecular formula is C17H12Cl2N3O3S-. The van der Waals surface area contributed by atoms with Gasteiger partial charge in [0, 0.05) is 16.9 Å². The second-order valence-corrected chi connectivity index (χ2v) is 6.97. The third kappa shape index (κ3) is 4.30. The number of H-pyrrole nitrogens is 1. The van der Waals surface area contributed by atoms with Gasteiger partial charge in [-0.05, 0) is 48.2 Å². The van der Waals surface area contributed by atoms with Gasteiger partial charge in [0.05, 0.1) is 16.0 Å². The molecule has 0 fully saturated rings. The molecule has 0 bridgehead atoms. The van der Waals surface area contributed by atoms with Gasteiger partial charge in [-0.1, -0.05) is 30.1 Å². The molecule has 0 aliphatic carbocycles. The minimum absolute atomic E-state index is 0.0679. The summed E-state index contributed by atoms with van der Waals surface area (Å²) >= 11 is 12.8. The van der Waals surface area contributed by atoms with Crippen LogP contribution in [0.1, 0.15) is 18.5 Å². The van der Waals surface area contributed by atoms with Crippen molar-refractivity contribution < 1.29 is 14.3 Å². The normalized spacial score (nSPS) is 11.7.